The molecule has 33 heavy (non-hydrogen) atoms. The molecule has 2 aliphatic rings. The van der Waals surface area contributed by atoms with Crippen LogP contribution in [0.2, 0.25) is 0 Å². The zero-order chi connectivity index (χ0) is 23.4. The summed E-state index contributed by atoms with van der Waals surface area (Å²) >= 11 is 0. The molecule has 0 unspecified atom stereocenters. The number of benzene rings is 2. The number of carbonyl (C=O) groups excluding carboxylic acids is 2. The molecule has 176 valence electrons. The Morgan fingerprint density at radius 3 is 2.52 bits per heavy atom. The second kappa shape index (κ2) is 10.3. The quantitative estimate of drug-likeness (QED) is 0.614. The average molecular weight is 460 g/mol. The molecule has 2 aliphatic heterocycles. The fourth-order valence-corrected chi connectivity index (χ4v) is 4.84. The molecular weight excluding hydrogens is 433 g/mol. The van der Waals surface area contributed by atoms with Gasteiger partial charge in [0.15, 0.2) is 17.5 Å². The SMILES string of the molecule is O=C(CCOc1ccccc1)N1CC[C@H]2[C@H](CCCN2C(=O)Cc2ccc(F)c(F)c2F)C1. The maximum atomic E-state index is 14.0. The van der Waals surface area contributed by atoms with Crippen LogP contribution in [0.15, 0.2) is 42.5 Å². The maximum absolute atomic E-state index is 14.0. The fraction of sp³-hybridized carbons (Fsp3) is 0.440. The van der Waals surface area contributed by atoms with Crippen molar-refractivity contribution >= 4 is 11.8 Å². The first-order chi connectivity index (χ1) is 15.9. The number of carbonyl (C=O) groups is 2. The smallest absolute Gasteiger partial charge is 0.227 e. The van der Waals surface area contributed by atoms with Crippen LogP contribution >= 0.6 is 0 Å². The second-order valence-electron chi connectivity index (χ2n) is 8.61. The molecule has 0 radical (unpaired) electrons. The highest BCUT2D eigenvalue weighted by molar-refractivity contribution is 5.79. The van der Waals surface area contributed by atoms with Gasteiger partial charge in [-0.2, -0.15) is 0 Å². The third-order valence-electron chi connectivity index (χ3n) is 6.53. The number of likely N-dealkylation sites (tertiary alicyclic amines) is 2. The molecule has 2 aromatic rings. The van der Waals surface area contributed by atoms with E-state index in [1.807, 2.05) is 35.2 Å². The molecule has 2 saturated heterocycles. The van der Waals surface area contributed by atoms with Crippen molar-refractivity contribution in [3.05, 3.63) is 65.5 Å². The number of rotatable bonds is 6. The van der Waals surface area contributed by atoms with Crippen molar-refractivity contribution < 1.29 is 27.5 Å². The average Bonchev–Trinajstić information content (AvgIpc) is 2.84. The Labute approximate surface area is 191 Å². The lowest BCUT2D eigenvalue weighted by atomic mass is 9.83. The van der Waals surface area contributed by atoms with Crippen LogP contribution in [-0.4, -0.2) is 53.9 Å². The predicted octanol–water partition coefficient (Wildman–Crippen LogP) is 3.96. The monoisotopic (exact) mass is 460 g/mol. The molecule has 0 saturated carbocycles. The topological polar surface area (TPSA) is 49.9 Å². The van der Waals surface area contributed by atoms with Crippen LogP contribution in [0, 0.1) is 23.4 Å². The van der Waals surface area contributed by atoms with Crippen LogP contribution in [0.1, 0.15) is 31.2 Å². The Kier molecular flexibility index (Phi) is 7.20. The predicted molar refractivity (Wildman–Crippen MR) is 116 cm³/mol. The number of hydrogen-bond donors (Lipinski definition) is 0. The normalized spacial score (nSPS) is 20.3. The summed E-state index contributed by atoms with van der Waals surface area (Å²) in [6.07, 6.45) is 2.29. The Balaban J connectivity index is 1.32. The van der Waals surface area contributed by atoms with Crippen molar-refractivity contribution in [2.75, 3.05) is 26.2 Å². The van der Waals surface area contributed by atoms with Gasteiger partial charge in [0.05, 0.1) is 19.4 Å². The number of ether oxygens (including phenoxy) is 1. The van der Waals surface area contributed by atoms with Crippen LogP contribution in [0.5, 0.6) is 5.75 Å². The van der Waals surface area contributed by atoms with Crippen LogP contribution < -0.4 is 4.74 Å². The van der Waals surface area contributed by atoms with E-state index >= 15 is 0 Å². The number of piperidine rings is 2. The molecule has 0 bridgehead atoms. The molecule has 0 aliphatic carbocycles. The molecule has 0 spiro atoms. The van der Waals surface area contributed by atoms with Gasteiger partial charge in [-0.15, -0.1) is 0 Å². The van der Waals surface area contributed by atoms with Gasteiger partial charge in [0.2, 0.25) is 11.8 Å². The number of hydrogen-bond acceptors (Lipinski definition) is 3. The largest absolute Gasteiger partial charge is 0.493 e. The van der Waals surface area contributed by atoms with E-state index in [1.54, 1.807) is 4.90 Å². The molecule has 0 N–H and O–H groups in total. The van der Waals surface area contributed by atoms with Gasteiger partial charge in [-0.3, -0.25) is 9.59 Å². The minimum atomic E-state index is -1.56. The summed E-state index contributed by atoms with van der Waals surface area (Å²) in [5.74, 6) is -3.54. The number of nitrogens with zero attached hydrogens (tertiary/aromatic N) is 2. The van der Waals surface area contributed by atoms with E-state index in [0.29, 0.717) is 32.7 Å². The summed E-state index contributed by atoms with van der Waals surface area (Å²) < 4.78 is 46.4. The van der Waals surface area contributed by atoms with Gasteiger partial charge < -0.3 is 14.5 Å². The highest BCUT2D eigenvalue weighted by Crippen LogP contribution is 2.31. The van der Waals surface area contributed by atoms with Gasteiger partial charge in [0.25, 0.3) is 0 Å². The minimum Gasteiger partial charge on any atom is -0.493 e. The van der Waals surface area contributed by atoms with Crippen molar-refractivity contribution in [1.29, 1.82) is 0 Å². The van der Waals surface area contributed by atoms with Crippen molar-refractivity contribution in [1.82, 2.24) is 9.80 Å². The first-order valence-corrected chi connectivity index (χ1v) is 11.3. The second-order valence-corrected chi connectivity index (χ2v) is 8.61. The molecular formula is C25H27F3N2O3. The highest BCUT2D eigenvalue weighted by atomic mass is 19.2. The van der Waals surface area contributed by atoms with Crippen molar-refractivity contribution in [3.8, 4) is 5.75 Å². The molecule has 5 nitrogen and oxygen atoms in total. The van der Waals surface area contributed by atoms with E-state index in [9.17, 15) is 22.8 Å². The molecule has 0 aromatic heterocycles. The lowest BCUT2D eigenvalue weighted by molar-refractivity contribution is -0.141. The van der Waals surface area contributed by atoms with Crippen LogP contribution in [0.25, 0.3) is 0 Å². The van der Waals surface area contributed by atoms with Gasteiger partial charge in [-0.05, 0) is 43.4 Å². The van der Waals surface area contributed by atoms with Crippen molar-refractivity contribution in [2.24, 2.45) is 5.92 Å². The molecule has 2 fully saturated rings. The van der Waals surface area contributed by atoms with E-state index in [2.05, 4.69) is 0 Å². The van der Waals surface area contributed by atoms with Gasteiger partial charge in [-0.25, -0.2) is 13.2 Å². The van der Waals surface area contributed by atoms with Crippen LogP contribution in [0.3, 0.4) is 0 Å². The van der Waals surface area contributed by atoms with Gasteiger partial charge in [-0.1, -0.05) is 24.3 Å². The summed E-state index contributed by atoms with van der Waals surface area (Å²) in [5, 5.41) is 0. The Morgan fingerprint density at radius 1 is 0.939 bits per heavy atom. The van der Waals surface area contributed by atoms with E-state index < -0.39 is 17.5 Å². The highest BCUT2D eigenvalue weighted by Gasteiger charge is 2.39. The Bertz CT molecular complexity index is 1000. The van der Waals surface area contributed by atoms with Crippen LogP contribution in [0.4, 0.5) is 13.2 Å². The van der Waals surface area contributed by atoms with Crippen LogP contribution in [-0.2, 0) is 16.0 Å². The standard InChI is InChI=1S/C25H27F3N2O3/c26-20-9-8-17(24(27)25(20)28)15-23(32)30-12-4-5-18-16-29(13-10-21(18)30)22(31)11-14-33-19-6-2-1-3-7-19/h1-3,6-9,18,21H,4-5,10-16H2/t18-,21+/m1/s1. The molecule has 2 atom stereocenters. The molecule has 2 amide bonds. The summed E-state index contributed by atoms with van der Waals surface area (Å²) in [4.78, 5) is 29.1. The first-order valence-electron chi connectivity index (χ1n) is 11.3. The lowest BCUT2D eigenvalue weighted by Gasteiger charge is -2.47. The summed E-state index contributed by atoms with van der Waals surface area (Å²) in [5.41, 5.74) is -0.146. The zero-order valence-corrected chi connectivity index (χ0v) is 18.3. The Morgan fingerprint density at radius 2 is 1.73 bits per heavy atom. The molecule has 2 heterocycles. The molecule has 8 heteroatoms. The number of halogens is 3. The third-order valence-corrected chi connectivity index (χ3v) is 6.53. The van der Waals surface area contributed by atoms with E-state index in [0.717, 1.165) is 30.7 Å². The van der Waals surface area contributed by atoms with Gasteiger partial charge >= 0.3 is 0 Å². The summed E-state index contributed by atoms with van der Waals surface area (Å²) in [6, 6.07) is 11.2. The Hall–Kier alpha value is -3.03. The van der Waals surface area contributed by atoms with E-state index in [4.69, 9.17) is 4.74 Å². The third kappa shape index (κ3) is 5.31. The van der Waals surface area contributed by atoms with Crippen molar-refractivity contribution in [2.45, 2.75) is 38.1 Å². The lowest BCUT2D eigenvalue weighted by Crippen LogP contribution is -2.57. The maximum Gasteiger partial charge on any atom is 0.227 e. The summed E-state index contributed by atoms with van der Waals surface area (Å²) in [6.45, 7) is 1.95. The zero-order valence-electron chi connectivity index (χ0n) is 18.3. The molecule has 4 rings (SSSR count). The van der Waals surface area contributed by atoms with Gasteiger partial charge in [0, 0.05) is 31.2 Å². The van der Waals surface area contributed by atoms with E-state index in [1.165, 1.54) is 0 Å². The fourth-order valence-electron chi connectivity index (χ4n) is 4.84. The number of para-hydroxylation sites is 1. The minimum absolute atomic E-state index is 0.0247. The number of fused-ring (bicyclic) bond motifs is 1. The van der Waals surface area contributed by atoms with Crippen molar-refractivity contribution in [3.63, 3.8) is 0 Å². The molecule has 2 aromatic carbocycles. The van der Waals surface area contributed by atoms with Gasteiger partial charge in [0.1, 0.15) is 5.75 Å². The van der Waals surface area contributed by atoms with E-state index in [-0.39, 0.29) is 42.2 Å². The first kappa shape index (κ1) is 23.1. The number of amides is 2. The summed E-state index contributed by atoms with van der Waals surface area (Å²) in [7, 11) is 0.